The van der Waals surface area contributed by atoms with Crippen LogP contribution in [0.15, 0.2) is 34.7 Å². The molecule has 0 saturated carbocycles. The highest BCUT2D eigenvalue weighted by Crippen LogP contribution is 2.21. The highest BCUT2D eigenvalue weighted by Gasteiger charge is 2.22. The second-order valence-electron chi connectivity index (χ2n) is 7.87. The average Bonchev–Trinajstić information content (AvgIpc) is 3.04. The number of hydrogen-bond donors (Lipinski definition) is 2. The Balaban J connectivity index is 1.38. The number of amides is 2. The van der Waals surface area contributed by atoms with E-state index in [2.05, 4.69) is 28.5 Å². The average molecular weight is 398 g/mol. The Morgan fingerprint density at radius 3 is 2.38 bits per heavy atom. The summed E-state index contributed by atoms with van der Waals surface area (Å²) in [5, 5.41) is 5.44. The lowest BCUT2D eigenvalue weighted by molar-refractivity contribution is -0.136. The first-order valence-electron chi connectivity index (χ1n) is 10.4. The van der Waals surface area contributed by atoms with E-state index in [-0.39, 0.29) is 0 Å². The lowest BCUT2D eigenvalue weighted by Crippen LogP contribution is -2.41. The highest BCUT2D eigenvalue weighted by molar-refractivity contribution is 6.39. The van der Waals surface area contributed by atoms with Crippen LogP contribution in [0.5, 0.6) is 0 Å². The van der Waals surface area contributed by atoms with Gasteiger partial charge in [0.25, 0.3) is 0 Å². The third-order valence-corrected chi connectivity index (χ3v) is 5.62. The molecule has 1 aliphatic heterocycles. The summed E-state index contributed by atoms with van der Waals surface area (Å²) in [5.41, 5.74) is 3.08. The number of rotatable bonds is 6. The molecule has 1 saturated heterocycles. The maximum Gasteiger partial charge on any atom is 0.313 e. The molecule has 1 aromatic heterocycles. The van der Waals surface area contributed by atoms with Gasteiger partial charge in [0.1, 0.15) is 11.5 Å². The van der Waals surface area contributed by atoms with Gasteiger partial charge in [-0.15, -0.1) is 0 Å². The fourth-order valence-corrected chi connectivity index (χ4v) is 3.76. The van der Waals surface area contributed by atoms with Crippen molar-refractivity contribution < 1.29 is 14.0 Å². The molecule has 0 aliphatic carbocycles. The van der Waals surface area contributed by atoms with Crippen molar-refractivity contribution in [3.63, 3.8) is 0 Å². The molecule has 1 aromatic carbocycles. The second kappa shape index (κ2) is 9.74. The fourth-order valence-electron chi connectivity index (χ4n) is 3.76. The van der Waals surface area contributed by atoms with Gasteiger partial charge in [0, 0.05) is 24.3 Å². The van der Waals surface area contributed by atoms with Gasteiger partial charge in [-0.1, -0.05) is 19.1 Å². The number of nitrogens with one attached hydrogen (secondary N) is 2. The number of nitrogens with zero attached hydrogens (tertiary/aromatic N) is 1. The van der Waals surface area contributed by atoms with Crippen LogP contribution in [-0.4, -0.2) is 36.3 Å². The van der Waals surface area contributed by atoms with Crippen LogP contribution >= 0.6 is 0 Å². The van der Waals surface area contributed by atoms with Gasteiger partial charge in [-0.25, -0.2) is 0 Å². The molecule has 0 unspecified atom stereocenters. The van der Waals surface area contributed by atoms with Gasteiger partial charge in [0.05, 0.1) is 0 Å². The van der Waals surface area contributed by atoms with Crippen molar-refractivity contribution in [2.45, 2.75) is 46.6 Å². The van der Waals surface area contributed by atoms with Crippen LogP contribution < -0.4 is 10.6 Å². The molecule has 0 spiro atoms. The smallest absolute Gasteiger partial charge is 0.313 e. The number of benzene rings is 1. The Kier molecular flexibility index (Phi) is 7.09. The van der Waals surface area contributed by atoms with Crippen molar-refractivity contribution in [3.05, 3.63) is 53.0 Å². The SMILES string of the molecule is CCc1ccc(NC(=O)C(=O)NCC2CCN(Cc3cc(C)oc3C)CC2)cc1. The molecule has 0 radical (unpaired) electrons. The van der Waals surface area contributed by atoms with Crippen molar-refractivity contribution in [1.82, 2.24) is 10.2 Å². The zero-order valence-electron chi connectivity index (χ0n) is 17.6. The van der Waals surface area contributed by atoms with E-state index < -0.39 is 11.8 Å². The Labute approximate surface area is 172 Å². The first-order chi connectivity index (χ1) is 13.9. The van der Waals surface area contributed by atoms with Crippen molar-refractivity contribution in [1.29, 1.82) is 0 Å². The number of furan rings is 1. The Hall–Kier alpha value is -2.60. The largest absolute Gasteiger partial charge is 0.466 e. The Morgan fingerprint density at radius 2 is 1.79 bits per heavy atom. The van der Waals surface area contributed by atoms with E-state index in [1.54, 1.807) is 0 Å². The molecular weight excluding hydrogens is 366 g/mol. The fraction of sp³-hybridized carbons (Fsp3) is 0.478. The molecule has 29 heavy (non-hydrogen) atoms. The van der Waals surface area contributed by atoms with E-state index in [0.29, 0.717) is 18.2 Å². The number of carbonyl (C=O) groups excluding carboxylic acids is 2. The normalized spacial score (nSPS) is 15.3. The van der Waals surface area contributed by atoms with E-state index in [1.165, 1.54) is 11.1 Å². The van der Waals surface area contributed by atoms with Crippen LogP contribution in [0, 0.1) is 19.8 Å². The molecule has 0 bridgehead atoms. The minimum atomic E-state index is -0.613. The van der Waals surface area contributed by atoms with Crippen LogP contribution in [0.3, 0.4) is 0 Å². The van der Waals surface area contributed by atoms with Crippen LogP contribution in [-0.2, 0) is 22.6 Å². The molecular formula is C23H31N3O3. The zero-order valence-corrected chi connectivity index (χ0v) is 17.6. The van der Waals surface area contributed by atoms with E-state index in [4.69, 9.17) is 4.42 Å². The molecule has 156 valence electrons. The summed E-state index contributed by atoms with van der Waals surface area (Å²) < 4.78 is 5.61. The Bertz CT molecular complexity index is 834. The molecule has 6 heteroatoms. The van der Waals surface area contributed by atoms with Crippen molar-refractivity contribution in [3.8, 4) is 0 Å². The van der Waals surface area contributed by atoms with Crippen LogP contribution in [0.4, 0.5) is 5.69 Å². The van der Waals surface area contributed by atoms with Gasteiger partial charge in [-0.05, 0) is 75.9 Å². The summed E-state index contributed by atoms with van der Waals surface area (Å²) in [6.45, 7) is 9.47. The van der Waals surface area contributed by atoms with E-state index in [9.17, 15) is 9.59 Å². The molecule has 2 heterocycles. The Morgan fingerprint density at radius 1 is 1.10 bits per heavy atom. The number of piperidine rings is 1. The molecule has 1 fully saturated rings. The highest BCUT2D eigenvalue weighted by atomic mass is 16.3. The lowest BCUT2D eigenvalue weighted by atomic mass is 9.96. The van der Waals surface area contributed by atoms with E-state index in [0.717, 1.165) is 50.4 Å². The number of hydrogen-bond acceptors (Lipinski definition) is 4. The summed E-state index contributed by atoms with van der Waals surface area (Å²) in [4.78, 5) is 26.6. The number of aryl methyl sites for hydroxylation is 3. The van der Waals surface area contributed by atoms with Gasteiger partial charge in [-0.3, -0.25) is 14.5 Å². The quantitative estimate of drug-likeness (QED) is 0.733. The van der Waals surface area contributed by atoms with Gasteiger partial charge in [0.15, 0.2) is 0 Å². The topological polar surface area (TPSA) is 74.6 Å². The number of anilines is 1. The van der Waals surface area contributed by atoms with Crippen LogP contribution in [0.1, 0.15) is 42.4 Å². The first-order valence-corrected chi connectivity index (χ1v) is 10.4. The summed E-state index contributed by atoms with van der Waals surface area (Å²) in [6, 6.07) is 9.66. The zero-order chi connectivity index (χ0) is 20.8. The molecule has 2 N–H and O–H groups in total. The molecule has 3 rings (SSSR count). The first kappa shape index (κ1) is 21.1. The molecule has 2 amide bonds. The molecule has 0 atom stereocenters. The van der Waals surface area contributed by atoms with Crippen LogP contribution in [0.2, 0.25) is 0 Å². The van der Waals surface area contributed by atoms with Crippen molar-refractivity contribution in [2.24, 2.45) is 5.92 Å². The van der Waals surface area contributed by atoms with E-state index >= 15 is 0 Å². The molecule has 6 nitrogen and oxygen atoms in total. The van der Waals surface area contributed by atoms with Gasteiger partial charge >= 0.3 is 11.8 Å². The lowest BCUT2D eigenvalue weighted by Gasteiger charge is -2.31. The van der Waals surface area contributed by atoms with Gasteiger partial charge in [-0.2, -0.15) is 0 Å². The summed E-state index contributed by atoms with van der Waals surface area (Å²) in [7, 11) is 0. The predicted molar refractivity (Wildman–Crippen MR) is 114 cm³/mol. The third kappa shape index (κ3) is 5.94. The van der Waals surface area contributed by atoms with Gasteiger partial charge < -0.3 is 15.1 Å². The van der Waals surface area contributed by atoms with Crippen molar-refractivity contribution in [2.75, 3.05) is 25.0 Å². The molecule has 2 aromatic rings. The maximum absolute atomic E-state index is 12.1. The van der Waals surface area contributed by atoms with E-state index in [1.807, 2.05) is 38.1 Å². The maximum atomic E-state index is 12.1. The monoisotopic (exact) mass is 397 g/mol. The van der Waals surface area contributed by atoms with Gasteiger partial charge in [0.2, 0.25) is 0 Å². The second-order valence-corrected chi connectivity index (χ2v) is 7.87. The minimum absolute atomic E-state index is 0.402. The summed E-state index contributed by atoms with van der Waals surface area (Å²) in [6.07, 6.45) is 2.96. The van der Waals surface area contributed by atoms with Crippen molar-refractivity contribution >= 4 is 17.5 Å². The summed E-state index contributed by atoms with van der Waals surface area (Å²) in [5.74, 6) is 1.16. The minimum Gasteiger partial charge on any atom is -0.466 e. The number of likely N-dealkylation sites (tertiary alicyclic amines) is 1. The third-order valence-electron chi connectivity index (χ3n) is 5.62. The molecule has 1 aliphatic rings. The summed E-state index contributed by atoms with van der Waals surface area (Å²) >= 11 is 0. The van der Waals surface area contributed by atoms with Crippen LogP contribution in [0.25, 0.3) is 0 Å². The standard InChI is InChI=1S/C23H31N3O3/c1-4-18-5-7-21(8-6-18)25-23(28)22(27)24-14-19-9-11-26(12-10-19)15-20-13-16(2)29-17(20)3/h5-8,13,19H,4,9-12,14-15H2,1-3H3,(H,24,27)(H,25,28). The predicted octanol–water partition coefficient (Wildman–Crippen LogP) is 3.43. The number of carbonyl (C=O) groups is 2.